The van der Waals surface area contributed by atoms with E-state index >= 15 is 0 Å². The number of sulfonamides is 1. The molecule has 0 aliphatic carbocycles. The van der Waals surface area contributed by atoms with E-state index in [1.165, 1.54) is 23.0 Å². The molecule has 1 aromatic heterocycles. The van der Waals surface area contributed by atoms with Crippen molar-refractivity contribution in [2.24, 2.45) is 0 Å². The highest BCUT2D eigenvalue weighted by molar-refractivity contribution is 7.92. The average molecular weight is 463 g/mol. The van der Waals surface area contributed by atoms with Crippen LogP contribution in [-0.4, -0.2) is 44.5 Å². The molecule has 0 saturated carbocycles. The summed E-state index contributed by atoms with van der Waals surface area (Å²) in [6.45, 7) is 2.89. The predicted octanol–water partition coefficient (Wildman–Crippen LogP) is 4.31. The summed E-state index contributed by atoms with van der Waals surface area (Å²) in [4.78, 5) is 8.67. The molecule has 6 nitrogen and oxygen atoms in total. The van der Waals surface area contributed by atoms with Gasteiger partial charge in [-0.1, -0.05) is 41.9 Å². The number of likely N-dealkylation sites (tertiary alicyclic amines) is 1. The van der Waals surface area contributed by atoms with Gasteiger partial charge in [0.1, 0.15) is 0 Å². The van der Waals surface area contributed by atoms with Crippen LogP contribution >= 0.6 is 22.9 Å². The first kappa shape index (κ1) is 21.1. The van der Waals surface area contributed by atoms with E-state index in [2.05, 4.69) is 43.8 Å². The Hall–Kier alpha value is -2.13. The maximum absolute atomic E-state index is 12.6. The van der Waals surface area contributed by atoms with Gasteiger partial charge in [-0.2, -0.15) is 0 Å². The van der Waals surface area contributed by atoms with E-state index < -0.39 is 10.0 Å². The number of rotatable bonds is 7. The van der Waals surface area contributed by atoms with Crippen molar-refractivity contribution in [3.63, 3.8) is 0 Å². The molecule has 4 rings (SSSR count). The summed E-state index contributed by atoms with van der Waals surface area (Å²) in [5, 5.41) is 2.06. The van der Waals surface area contributed by atoms with E-state index in [4.69, 9.17) is 11.6 Å². The predicted molar refractivity (Wildman–Crippen MR) is 123 cm³/mol. The van der Waals surface area contributed by atoms with Gasteiger partial charge in [0.05, 0.1) is 21.1 Å². The molecule has 30 heavy (non-hydrogen) atoms. The fraction of sp³-hybridized carbons (Fsp3) is 0.286. The van der Waals surface area contributed by atoms with Crippen molar-refractivity contribution in [1.82, 2.24) is 9.88 Å². The van der Waals surface area contributed by atoms with E-state index in [9.17, 15) is 8.42 Å². The third-order valence-corrected chi connectivity index (χ3v) is 7.57. The van der Waals surface area contributed by atoms with Crippen LogP contribution in [-0.2, 0) is 16.6 Å². The number of hydrogen-bond donors (Lipinski definition) is 1. The number of likely N-dealkylation sites (N-methyl/N-ethyl adjacent to an activating group) is 1. The van der Waals surface area contributed by atoms with Crippen molar-refractivity contribution < 1.29 is 8.42 Å². The lowest BCUT2D eigenvalue weighted by molar-refractivity contribution is 0.326. The van der Waals surface area contributed by atoms with Crippen LogP contribution in [0.1, 0.15) is 12.0 Å². The molecule has 1 aliphatic rings. The Balaban J connectivity index is 1.44. The first-order valence-electron chi connectivity index (χ1n) is 9.62. The third kappa shape index (κ3) is 4.78. The van der Waals surface area contributed by atoms with Crippen molar-refractivity contribution in [2.45, 2.75) is 23.9 Å². The second kappa shape index (κ2) is 8.93. The van der Waals surface area contributed by atoms with Crippen LogP contribution < -0.4 is 9.62 Å². The van der Waals surface area contributed by atoms with Gasteiger partial charge < -0.3 is 4.90 Å². The van der Waals surface area contributed by atoms with Crippen molar-refractivity contribution >= 4 is 44.5 Å². The van der Waals surface area contributed by atoms with E-state index in [0.717, 1.165) is 31.7 Å². The summed E-state index contributed by atoms with van der Waals surface area (Å²) in [5.41, 5.74) is 3.71. The number of anilines is 2. The molecule has 0 amide bonds. The largest absolute Gasteiger partial charge is 0.369 e. The second-order valence-electron chi connectivity index (χ2n) is 7.37. The quantitative estimate of drug-likeness (QED) is 0.566. The molecule has 1 N–H and O–H groups in total. The first-order chi connectivity index (χ1) is 14.4. The molecular formula is C21H23ClN4O2S2. The highest BCUT2D eigenvalue weighted by Gasteiger charge is 2.27. The lowest BCUT2D eigenvalue weighted by atomic mass is 10.2. The second-order valence-corrected chi connectivity index (χ2v) is 10.2. The van der Waals surface area contributed by atoms with E-state index in [1.807, 2.05) is 13.1 Å². The van der Waals surface area contributed by atoms with Crippen molar-refractivity contribution in [2.75, 3.05) is 29.8 Å². The monoisotopic (exact) mass is 462 g/mol. The molecular weight excluding hydrogens is 440 g/mol. The van der Waals surface area contributed by atoms with Gasteiger partial charge in [0.2, 0.25) is 0 Å². The van der Waals surface area contributed by atoms with Crippen molar-refractivity contribution in [3.05, 3.63) is 70.0 Å². The normalized spacial score (nSPS) is 17.2. The molecule has 1 saturated heterocycles. The zero-order valence-electron chi connectivity index (χ0n) is 16.5. The molecule has 0 radical (unpaired) electrons. The minimum Gasteiger partial charge on any atom is -0.369 e. The van der Waals surface area contributed by atoms with Gasteiger partial charge in [0, 0.05) is 38.1 Å². The molecule has 1 fully saturated rings. The fourth-order valence-corrected chi connectivity index (χ4v) is 5.67. The highest BCUT2D eigenvalue weighted by atomic mass is 35.5. The Bertz CT molecular complexity index is 1090. The number of nitrogens with one attached hydrogen (secondary N) is 1. The molecule has 3 aromatic rings. The Labute approximate surface area is 186 Å². The molecule has 0 bridgehead atoms. The SMILES string of the molecule is CN(c1ccc(S(=O)(=O)Nc2cscn2)cc1Cl)[C@H]1CCN(Cc2ccccc2)C1. The molecule has 9 heteroatoms. The van der Waals surface area contributed by atoms with Crippen LogP contribution in [0.5, 0.6) is 0 Å². The smallest absolute Gasteiger partial charge is 0.263 e. The zero-order valence-corrected chi connectivity index (χ0v) is 18.9. The summed E-state index contributed by atoms with van der Waals surface area (Å²) in [7, 11) is -1.71. The van der Waals surface area contributed by atoms with Gasteiger partial charge >= 0.3 is 0 Å². The van der Waals surface area contributed by atoms with Gasteiger partial charge in [0.25, 0.3) is 10.0 Å². The lowest BCUT2D eigenvalue weighted by Gasteiger charge is -2.28. The van der Waals surface area contributed by atoms with Crippen molar-refractivity contribution in [1.29, 1.82) is 0 Å². The maximum Gasteiger partial charge on any atom is 0.263 e. The number of benzene rings is 2. The zero-order chi connectivity index (χ0) is 21.1. The summed E-state index contributed by atoms with van der Waals surface area (Å²) in [6, 6.07) is 15.6. The van der Waals surface area contributed by atoms with Crippen molar-refractivity contribution in [3.8, 4) is 0 Å². The number of aromatic nitrogens is 1. The molecule has 1 aliphatic heterocycles. The van der Waals surface area contributed by atoms with E-state index in [-0.39, 0.29) is 4.90 Å². The summed E-state index contributed by atoms with van der Waals surface area (Å²) in [6.07, 6.45) is 1.03. The van der Waals surface area contributed by atoms with Crippen LogP contribution in [0.15, 0.2) is 64.3 Å². The number of nitrogens with zero attached hydrogens (tertiary/aromatic N) is 3. The Kier molecular flexibility index (Phi) is 6.29. The van der Waals surface area contributed by atoms with Gasteiger partial charge in [-0.05, 0) is 30.2 Å². The van der Waals surface area contributed by atoms with Crippen LogP contribution in [0.25, 0.3) is 0 Å². The number of thiazole rings is 1. The van der Waals surface area contributed by atoms with Crippen LogP contribution in [0.2, 0.25) is 5.02 Å². The maximum atomic E-state index is 12.6. The molecule has 2 aromatic carbocycles. The Morgan fingerprint density at radius 3 is 2.77 bits per heavy atom. The standard InChI is InChI=1S/C21H23ClN4O2S2/c1-25(17-9-10-26(13-17)12-16-5-3-2-4-6-16)20-8-7-18(11-19(20)22)30(27,28)24-21-14-29-15-23-21/h2-8,11,14-15,17,24H,9-10,12-13H2,1H3/t17-/m0/s1. The average Bonchev–Trinajstić information content (AvgIpc) is 3.40. The molecule has 158 valence electrons. The molecule has 2 heterocycles. The molecule has 1 atom stereocenters. The first-order valence-corrected chi connectivity index (χ1v) is 12.4. The van der Waals surface area contributed by atoms with Crippen LogP contribution in [0, 0.1) is 0 Å². The van der Waals surface area contributed by atoms with E-state index in [0.29, 0.717) is 16.9 Å². The van der Waals surface area contributed by atoms with Crippen LogP contribution in [0.3, 0.4) is 0 Å². The summed E-state index contributed by atoms with van der Waals surface area (Å²) < 4.78 is 27.6. The van der Waals surface area contributed by atoms with Gasteiger partial charge in [-0.3, -0.25) is 9.62 Å². The minimum absolute atomic E-state index is 0.120. The lowest BCUT2D eigenvalue weighted by Crippen LogP contribution is -2.34. The number of hydrogen-bond acceptors (Lipinski definition) is 6. The molecule has 0 spiro atoms. The summed E-state index contributed by atoms with van der Waals surface area (Å²) in [5.74, 6) is 0.307. The van der Waals surface area contributed by atoms with Gasteiger partial charge in [0.15, 0.2) is 5.82 Å². The summed E-state index contributed by atoms with van der Waals surface area (Å²) >= 11 is 7.82. The van der Waals surface area contributed by atoms with Crippen LogP contribution in [0.4, 0.5) is 11.5 Å². The Morgan fingerprint density at radius 1 is 1.27 bits per heavy atom. The fourth-order valence-electron chi connectivity index (χ4n) is 3.71. The molecule has 0 unspecified atom stereocenters. The third-order valence-electron chi connectivity index (χ3n) is 5.32. The van der Waals surface area contributed by atoms with Gasteiger partial charge in [-0.25, -0.2) is 13.4 Å². The number of halogens is 1. The highest BCUT2D eigenvalue weighted by Crippen LogP contribution is 2.31. The Morgan fingerprint density at radius 2 is 2.07 bits per heavy atom. The topological polar surface area (TPSA) is 65.5 Å². The minimum atomic E-state index is -3.73. The van der Waals surface area contributed by atoms with Gasteiger partial charge in [-0.15, -0.1) is 11.3 Å². The van der Waals surface area contributed by atoms with E-state index in [1.54, 1.807) is 23.0 Å².